The van der Waals surface area contributed by atoms with E-state index in [1.54, 1.807) is 0 Å². The third-order valence-electron chi connectivity index (χ3n) is 18.8. The predicted molar refractivity (Wildman–Crippen MR) is 281 cm³/mol. The van der Waals surface area contributed by atoms with Gasteiger partial charge in [-0.25, -0.2) is 0 Å². The number of carbonyl (C=O) groups excluding carboxylic acids is 7. The van der Waals surface area contributed by atoms with E-state index in [2.05, 4.69) is 0 Å². The van der Waals surface area contributed by atoms with Crippen LogP contribution >= 0.6 is 0 Å². The molecular weight excluding hydrogens is 989 g/mol. The quantitative estimate of drug-likeness (QED) is 0.0428. The maximum absolute atomic E-state index is 14.5. The van der Waals surface area contributed by atoms with Crippen LogP contribution in [-0.4, -0.2) is 106 Å². The minimum atomic E-state index is -1.50. The molecule has 434 valence electrons. The molecule has 0 aromatic rings. The van der Waals surface area contributed by atoms with Crippen LogP contribution in [0, 0.1) is 46.8 Å². The van der Waals surface area contributed by atoms with E-state index in [-0.39, 0.29) is 73.7 Å². The van der Waals surface area contributed by atoms with Gasteiger partial charge < -0.3 is 42.6 Å². The summed E-state index contributed by atoms with van der Waals surface area (Å²) >= 11 is 0. The molecule has 0 bridgehead atoms. The van der Waals surface area contributed by atoms with Crippen LogP contribution in [-0.2, 0) is 76.2 Å². The second-order valence-electron chi connectivity index (χ2n) is 24.7. The molecule has 16 nitrogen and oxygen atoms in total. The fourth-order valence-electron chi connectivity index (χ4n) is 14.0. The number of esters is 7. The van der Waals surface area contributed by atoms with Crippen LogP contribution in [0.1, 0.15) is 231 Å². The van der Waals surface area contributed by atoms with Crippen molar-refractivity contribution in [3.05, 3.63) is 0 Å². The Balaban J connectivity index is 1.00. The Kier molecular flexibility index (Phi) is 23.7. The van der Waals surface area contributed by atoms with Crippen molar-refractivity contribution in [3.63, 3.8) is 0 Å². The fraction of sp³-hybridized carbons (Fsp3) is 0.885. The fourth-order valence-corrected chi connectivity index (χ4v) is 14.0. The lowest BCUT2D eigenvalue weighted by molar-refractivity contribution is -0.188. The molecule has 0 N–H and O–H groups in total. The summed E-state index contributed by atoms with van der Waals surface area (Å²) in [6, 6.07) is 0. The van der Waals surface area contributed by atoms with E-state index < -0.39 is 78.7 Å². The summed E-state index contributed by atoms with van der Waals surface area (Å²) in [7, 11) is 0. The van der Waals surface area contributed by atoms with E-state index in [1.807, 2.05) is 0 Å². The highest BCUT2D eigenvalue weighted by molar-refractivity contribution is 5.84. The van der Waals surface area contributed by atoms with E-state index in [0.717, 1.165) is 186 Å². The van der Waals surface area contributed by atoms with Crippen molar-refractivity contribution in [1.29, 1.82) is 0 Å². The molecule has 8 rings (SSSR count). The zero-order valence-electron chi connectivity index (χ0n) is 46.5. The average molecular weight is 1080 g/mol. The zero-order valence-corrected chi connectivity index (χ0v) is 46.5. The number of rotatable bonds is 22. The van der Waals surface area contributed by atoms with Crippen molar-refractivity contribution in [2.75, 3.05) is 33.2 Å². The lowest BCUT2D eigenvalue weighted by Gasteiger charge is -2.36. The Labute approximate surface area is 458 Å². The van der Waals surface area contributed by atoms with Crippen molar-refractivity contribution in [1.82, 2.24) is 0 Å². The van der Waals surface area contributed by atoms with Crippen LogP contribution in [0.3, 0.4) is 0 Å². The first-order valence-corrected chi connectivity index (χ1v) is 31.1. The van der Waals surface area contributed by atoms with Gasteiger partial charge in [0.05, 0.1) is 59.6 Å². The molecule has 8 saturated carbocycles. The summed E-state index contributed by atoms with van der Waals surface area (Å²) in [4.78, 5) is 98.2. The summed E-state index contributed by atoms with van der Waals surface area (Å²) in [6.07, 6.45) is 28.3. The molecule has 0 radical (unpaired) electrons. The maximum atomic E-state index is 14.5. The Hall–Kier alpha value is -3.79. The van der Waals surface area contributed by atoms with Gasteiger partial charge in [-0.1, -0.05) is 70.6 Å². The topological polar surface area (TPSA) is 203 Å². The molecule has 8 atom stereocenters. The van der Waals surface area contributed by atoms with Crippen LogP contribution in [0.5, 0.6) is 0 Å². The summed E-state index contributed by atoms with van der Waals surface area (Å²) < 4.78 is 55.5. The summed E-state index contributed by atoms with van der Waals surface area (Å²) in [5.74, 6) is -7.76. The first-order valence-electron chi connectivity index (χ1n) is 31.1. The molecule has 16 heteroatoms. The van der Waals surface area contributed by atoms with Crippen molar-refractivity contribution in [3.8, 4) is 0 Å². The maximum Gasteiger partial charge on any atom is 0.310 e. The molecule has 77 heavy (non-hydrogen) atoms. The van der Waals surface area contributed by atoms with Gasteiger partial charge in [0.15, 0.2) is 0 Å². The van der Waals surface area contributed by atoms with Crippen LogP contribution in [0.25, 0.3) is 0 Å². The van der Waals surface area contributed by atoms with E-state index in [9.17, 15) is 33.6 Å². The van der Waals surface area contributed by atoms with Crippen LogP contribution in [0.15, 0.2) is 0 Å². The molecular formula is C61H94O16. The number of hydrogen-bond donors (Lipinski definition) is 0. The number of hydrogen-bond acceptors (Lipinski definition) is 16. The molecule has 0 spiro atoms. The Morgan fingerprint density at radius 1 is 0.286 bits per heavy atom. The first kappa shape index (κ1) is 59.3. The second-order valence-corrected chi connectivity index (χ2v) is 24.7. The molecule has 0 aliphatic heterocycles. The van der Waals surface area contributed by atoms with Crippen molar-refractivity contribution >= 4 is 41.8 Å². The number of carbonyl (C=O) groups is 7. The zero-order chi connectivity index (χ0) is 53.8. The molecule has 8 fully saturated rings. The van der Waals surface area contributed by atoms with Crippen LogP contribution in [0.2, 0.25) is 0 Å². The summed E-state index contributed by atoms with van der Waals surface area (Å²) in [5.41, 5.74) is -1.50. The highest BCUT2D eigenvalue weighted by Crippen LogP contribution is 2.39. The Bertz CT molecular complexity index is 1730. The van der Waals surface area contributed by atoms with E-state index in [4.69, 9.17) is 42.6 Å². The van der Waals surface area contributed by atoms with E-state index in [0.29, 0.717) is 44.9 Å². The monoisotopic (exact) mass is 1080 g/mol. The predicted octanol–water partition coefficient (Wildman–Crippen LogP) is 11.1. The van der Waals surface area contributed by atoms with E-state index >= 15 is 0 Å². The Morgan fingerprint density at radius 2 is 0.571 bits per heavy atom. The molecule has 8 aliphatic rings. The normalized spacial score (nSPS) is 30.1. The standard InChI is InChI=1S/C61H94O16/c62-54(74-43-21-5-1-6-22-43)42-20-19-29-47(36-42)73-41-69-37-61(38-70-55(63)48-30-13-16-33-51(48)58(66)75-44-23-7-2-8-24-44,39-71-56(64)49-31-14-17-34-52(49)59(67)76-45-25-9-3-10-26-45)40-72-57(65)50-32-15-18-35-53(50)60(68)77-46-27-11-4-12-28-46/h42-53H,1-41H2. The van der Waals surface area contributed by atoms with Gasteiger partial charge in [0.25, 0.3) is 0 Å². The van der Waals surface area contributed by atoms with Gasteiger partial charge in [0.2, 0.25) is 0 Å². The van der Waals surface area contributed by atoms with Crippen molar-refractivity contribution in [2.24, 2.45) is 46.8 Å². The van der Waals surface area contributed by atoms with Crippen LogP contribution < -0.4 is 0 Å². The Morgan fingerprint density at radius 3 is 0.909 bits per heavy atom. The van der Waals surface area contributed by atoms with Crippen LogP contribution in [0.4, 0.5) is 0 Å². The molecule has 0 heterocycles. The lowest BCUT2D eigenvalue weighted by atomic mass is 9.79. The molecule has 0 aromatic carbocycles. The average Bonchev–Trinajstić information content (AvgIpc) is 3.48. The van der Waals surface area contributed by atoms with Gasteiger partial charge in [0.1, 0.15) is 51.0 Å². The third kappa shape index (κ3) is 17.9. The molecule has 8 aliphatic carbocycles. The van der Waals surface area contributed by atoms with E-state index in [1.165, 1.54) is 0 Å². The molecule has 0 amide bonds. The molecule has 0 saturated heterocycles. The summed E-state index contributed by atoms with van der Waals surface area (Å²) in [5, 5.41) is 0. The van der Waals surface area contributed by atoms with Gasteiger partial charge in [-0.3, -0.25) is 33.6 Å². The summed E-state index contributed by atoms with van der Waals surface area (Å²) in [6.45, 7) is -1.72. The largest absolute Gasteiger partial charge is 0.464 e. The minimum Gasteiger partial charge on any atom is -0.464 e. The smallest absolute Gasteiger partial charge is 0.310 e. The van der Waals surface area contributed by atoms with Crippen molar-refractivity contribution in [2.45, 2.75) is 262 Å². The van der Waals surface area contributed by atoms with Gasteiger partial charge >= 0.3 is 41.8 Å². The highest BCUT2D eigenvalue weighted by Gasteiger charge is 2.46. The van der Waals surface area contributed by atoms with Gasteiger partial charge in [0, 0.05) is 0 Å². The second kappa shape index (κ2) is 30.7. The highest BCUT2D eigenvalue weighted by atomic mass is 16.7. The van der Waals surface area contributed by atoms with Gasteiger partial charge in [-0.2, -0.15) is 0 Å². The molecule has 8 unspecified atom stereocenters. The third-order valence-corrected chi connectivity index (χ3v) is 18.8. The van der Waals surface area contributed by atoms with Crippen molar-refractivity contribution < 1.29 is 76.2 Å². The van der Waals surface area contributed by atoms with Gasteiger partial charge in [-0.05, 0) is 161 Å². The molecule has 0 aromatic heterocycles. The number of ether oxygens (including phenoxy) is 9. The lowest BCUT2D eigenvalue weighted by Crippen LogP contribution is -2.47. The first-order chi connectivity index (χ1) is 37.5. The minimum absolute atomic E-state index is 0.0376. The van der Waals surface area contributed by atoms with Gasteiger partial charge in [-0.15, -0.1) is 0 Å². The SMILES string of the molecule is O=C(OC1CCCCC1)C1CCCC(OCOCC(COC(=O)C2CCCCC2C(=O)OC2CCCCC2)(COC(=O)C2CCCCC2C(=O)OC2CCCCC2)COC(=O)C2CCCCC2C(=O)OC2CCCCC2)C1.